The Morgan fingerprint density at radius 3 is 2.48 bits per heavy atom. The van der Waals surface area contributed by atoms with E-state index in [1.165, 1.54) is 14.7 Å². The standard InChI is InChI=1S/C20H24N2O3S2/c1-15-18-10-14-26-19(18)9-13-22(15)20(23)16-7-11-21(12-8-16)27(24,25)17-5-3-2-4-6-17/h2-6,10,14-16H,7-9,11-13H2,1H3. The summed E-state index contributed by atoms with van der Waals surface area (Å²) >= 11 is 1.77. The maximum atomic E-state index is 13.1. The first-order valence-electron chi connectivity index (χ1n) is 9.40. The molecule has 1 amide bonds. The van der Waals surface area contributed by atoms with E-state index in [-0.39, 0.29) is 17.9 Å². The Bertz CT molecular complexity index is 916. The van der Waals surface area contributed by atoms with Crippen molar-refractivity contribution in [3.8, 4) is 0 Å². The van der Waals surface area contributed by atoms with Gasteiger partial charge in [-0.1, -0.05) is 18.2 Å². The second-order valence-electron chi connectivity index (χ2n) is 7.25. The molecule has 0 saturated carbocycles. The van der Waals surface area contributed by atoms with E-state index in [2.05, 4.69) is 18.4 Å². The third-order valence-corrected chi connectivity index (χ3v) is 8.65. The molecule has 2 aromatic rings. The number of thiophene rings is 1. The number of piperidine rings is 1. The van der Waals surface area contributed by atoms with Crippen molar-refractivity contribution in [2.24, 2.45) is 5.92 Å². The fourth-order valence-corrected chi connectivity index (χ4v) is 6.58. The summed E-state index contributed by atoms with van der Waals surface area (Å²) in [6, 6.07) is 10.8. The number of fused-ring (bicyclic) bond motifs is 1. The van der Waals surface area contributed by atoms with Crippen LogP contribution in [0.1, 0.15) is 36.2 Å². The Kier molecular flexibility index (Phi) is 5.09. The van der Waals surface area contributed by atoms with Gasteiger partial charge in [-0.25, -0.2) is 8.42 Å². The van der Waals surface area contributed by atoms with Crippen LogP contribution in [0.5, 0.6) is 0 Å². The zero-order chi connectivity index (χ0) is 19.0. The van der Waals surface area contributed by atoms with Gasteiger partial charge in [0.1, 0.15) is 0 Å². The summed E-state index contributed by atoms with van der Waals surface area (Å²) in [7, 11) is -3.47. The second-order valence-corrected chi connectivity index (χ2v) is 10.2. The predicted octanol–water partition coefficient (Wildman–Crippen LogP) is 3.29. The van der Waals surface area contributed by atoms with Crippen LogP contribution in [0.2, 0.25) is 0 Å². The molecular formula is C20H24N2O3S2. The number of amides is 1. The molecule has 7 heteroatoms. The number of hydrogen-bond donors (Lipinski definition) is 0. The quantitative estimate of drug-likeness (QED) is 0.789. The van der Waals surface area contributed by atoms with E-state index in [0.717, 1.165) is 13.0 Å². The van der Waals surface area contributed by atoms with Crippen LogP contribution >= 0.6 is 11.3 Å². The first-order valence-corrected chi connectivity index (χ1v) is 11.7. The molecule has 1 saturated heterocycles. The van der Waals surface area contributed by atoms with Gasteiger partial charge in [0.15, 0.2) is 0 Å². The molecule has 1 aromatic heterocycles. The summed E-state index contributed by atoms with van der Waals surface area (Å²) in [6.45, 7) is 3.66. The minimum absolute atomic E-state index is 0.0881. The van der Waals surface area contributed by atoms with E-state index in [1.807, 2.05) is 11.0 Å². The summed E-state index contributed by atoms with van der Waals surface area (Å²) in [5, 5.41) is 2.10. The lowest BCUT2D eigenvalue weighted by atomic mass is 9.93. The molecule has 144 valence electrons. The molecule has 3 heterocycles. The SMILES string of the molecule is CC1c2ccsc2CCN1C(=O)C1CCN(S(=O)(=O)c2ccccc2)CC1. The van der Waals surface area contributed by atoms with E-state index in [0.29, 0.717) is 30.8 Å². The van der Waals surface area contributed by atoms with Gasteiger partial charge in [0.05, 0.1) is 10.9 Å². The molecule has 4 rings (SSSR count). The maximum absolute atomic E-state index is 13.1. The fraction of sp³-hybridized carbons (Fsp3) is 0.450. The highest BCUT2D eigenvalue weighted by molar-refractivity contribution is 7.89. The molecule has 1 unspecified atom stereocenters. The van der Waals surface area contributed by atoms with Crippen molar-refractivity contribution in [1.82, 2.24) is 9.21 Å². The number of sulfonamides is 1. The van der Waals surface area contributed by atoms with Crippen LogP contribution < -0.4 is 0 Å². The molecule has 0 aliphatic carbocycles. The van der Waals surface area contributed by atoms with Gasteiger partial charge in [-0.2, -0.15) is 4.31 Å². The van der Waals surface area contributed by atoms with Crippen LogP contribution in [0.15, 0.2) is 46.7 Å². The lowest BCUT2D eigenvalue weighted by Crippen LogP contribution is -2.46. The number of carbonyl (C=O) groups excluding carboxylic acids is 1. The lowest BCUT2D eigenvalue weighted by Gasteiger charge is -2.38. The van der Waals surface area contributed by atoms with Gasteiger partial charge >= 0.3 is 0 Å². The van der Waals surface area contributed by atoms with E-state index < -0.39 is 10.0 Å². The van der Waals surface area contributed by atoms with Crippen LogP contribution in [0.4, 0.5) is 0 Å². The van der Waals surface area contributed by atoms with Gasteiger partial charge in [0.25, 0.3) is 0 Å². The summed E-state index contributed by atoms with van der Waals surface area (Å²) in [5.41, 5.74) is 1.27. The van der Waals surface area contributed by atoms with Gasteiger partial charge in [0.2, 0.25) is 15.9 Å². The number of nitrogens with zero attached hydrogens (tertiary/aromatic N) is 2. The molecule has 27 heavy (non-hydrogen) atoms. The average molecular weight is 405 g/mol. The van der Waals surface area contributed by atoms with Crippen molar-refractivity contribution in [2.45, 2.75) is 37.1 Å². The Hall–Kier alpha value is -1.70. The summed E-state index contributed by atoms with van der Waals surface area (Å²) in [6.07, 6.45) is 2.10. The smallest absolute Gasteiger partial charge is 0.243 e. The van der Waals surface area contributed by atoms with Crippen molar-refractivity contribution in [2.75, 3.05) is 19.6 Å². The van der Waals surface area contributed by atoms with Crippen molar-refractivity contribution in [3.05, 3.63) is 52.2 Å². The molecule has 0 N–H and O–H groups in total. The number of hydrogen-bond acceptors (Lipinski definition) is 4. The van der Waals surface area contributed by atoms with Crippen molar-refractivity contribution >= 4 is 27.3 Å². The van der Waals surface area contributed by atoms with Gasteiger partial charge in [-0.05, 0) is 55.3 Å². The molecule has 0 bridgehead atoms. The first-order chi connectivity index (χ1) is 13.0. The van der Waals surface area contributed by atoms with Gasteiger partial charge < -0.3 is 4.90 Å². The van der Waals surface area contributed by atoms with E-state index in [1.54, 1.807) is 35.6 Å². The van der Waals surface area contributed by atoms with Gasteiger partial charge in [-0.15, -0.1) is 11.3 Å². The van der Waals surface area contributed by atoms with Crippen LogP contribution in [-0.4, -0.2) is 43.2 Å². The molecule has 0 radical (unpaired) electrons. The maximum Gasteiger partial charge on any atom is 0.243 e. The third kappa shape index (κ3) is 3.44. The van der Waals surface area contributed by atoms with Crippen molar-refractivity contribution in [1.29, 1.82) is 0 Å². The molecule has 5 nitrogen and oxygen atoms in total. The predicted molar refractivity (Wildman–Crippen MR) is 106 cm³/mol. The topological polar surface area (TPSA) is 57.7 Å². The highest BCUT2D eigenvalue weighted by Gasteiger charge is 2.36. The number of benzene rings is 1. The first kappa shape index (κ1) is 18.7. The van der Waals surface area contributed by atoms with Crippen molar-refractivity contribution in [3.63, 3.8) is 0 Å². The van der Waals surface area contributed by atoms with Crippen molar-refractivity contribution < 1.29 is 13.2 Å². The number of rotatable bonds is 3. The van der Waals surface area contributed by atoms with Crippen LogP contribution in [-0.2, 0) is 21.2 Å². The minimum Gasteiger partial charge on any atom is -0.335 e. The molecule has 1 aromatic carbocycles. The van der Waals surface area contributed by atoms with E-state index in [4.69, 9.17) is 0 Å². The Morgan fingerprint density at radius 2 is 1.78 bits per heavy atom. The van der Waals surface area contributed by atoms with Crippen LogP contribution in [0, 0.1) is 5.92 Å². The monoisotopic (exact) mass is 404 g/mol. The summed E-state index contributed by atoms with van der Waals surface area (Å²) < 4.78 is 27.0. The Morgan fingerprint density at radius 1 is 1.07 bits per heavy atom. The minimum atomic E-state index is -3.47. The average Bonchev–Trinajstić information content (AvgIpc) is 3.18. The normalized spacial score (nSPS) is 21.8. The zero-order valence-corrected chi connectivity index (χ0v) is 17.0. The molecular weight excluding hydrogens is 380 g/mol. The molecule has 0 spiro atoms. The zero-order valence-electron chi connectivity index (χ0n) is 15.4. The largest absolute Gasteiger partial charge is 0.335 e. The Labute approximate surface area is 164 Å². The van der Waals surface area contributed by atoms with Crippen LogP contribution in [0.25, 0.3) is 0 Å². The molecule has 1 atom stereocenters. The second kappa shape index (κ2) is 7.37. The third-order valence-electron chi connectivity index (χ3n) is 5.74. The van der Waals surface area contributed by atoms with E-state index in [9.17, 15) is 13.2 Å². The molecule has 1 fully saturated rings. The van der Waals surface area contributed by atoms with Gasteiger partial charge in [0, 0.05) is 30.4 Å². The lowest BCUT2D eigenvalue weighted by molar-refractivity contribution is -0.139. The van der Waals surface area contributed by atoms with Crippen LogP contribution in [0.3, 0.4) is 0 Å². The molecule has 2 aliphatic rings. The highest BCUT2D eigenvalue weighted by atomic mass is 32.2. The summed E-state index contributed by atoms with van der Waals surface area (Å²) in [5.74, 6) is 0.0889. The highest BCUT2D eigenvalue weighted by Crippen LogP contribution is 2.35. The molecule has 2 aliphatic heterocycles. The number of carbonyl (C=O) groups is 1. The Balaban J connectivity index is 1.42. The van der Waals surface area contributed by atoms with Gasteiger partial charge in [-0.3, -0.25) is 4.79 Å². The van der Waals surface area contributed by atoms with E-state index >= 15 is 0 Å². The fourth-order valence-electron chi connectivity index (χ4n) is 4.13. The summed E-state index contributed by atoms with van der Waals surface area (Å²) in [4.78, 5) is 16.8.